The first-order valence-electron chi connectivity index (χ1n) is 9.47. The molecular weight excluding hydrogens is 400 g/mol. The van der Waals surface area contributed by atoms with Crippen molar-refractivity contribution in [3.05, 3.63) is 83.9 Å². The predicted octanol–water partition coefficient (Wildman–Crippen LogP) is 4.51. The van der Waals surface area contributed by atoms with Gasteiger partial charge in [-0.05, 0) is 74.9 Å². The number of ether oxygens (including phenoxy) is 1. The Bertz CT molecular complexity index is 1120. The Morgan fingerprint density at radius 1 is 0.867 bits per heavy atom. The minimum Gasteiger partial charge on any atom is -0.481 e. The van der Waals surface area contributed by atoms with Crippen LogP contribution in [0.15, 0.2) is 77.7 Å². The third-order valence-corrected chi connectivity index (χ3v) is 5.80. The third kappa shape index (κ3) is 5.61. The zero-order valence-corrected chi connectivity index (χ0v) is 17.9. The molecule has 30 heavy (non-hydrogen) atoms. The van der Waals surface area contributed by atoms with E-state index in [1.54, 1.807) is 37.3 Å². The first-order chi connectivity index (χ1) is 14.2. The van der Waals surface area contributed by atoms with E-state index in [2.05, 4.69) is 10.0 Å². The van der Waals surface area contributed by atoms with E-state index in [0.717, 1.165) is 11.1 Å². The highest BCUT2D eigenvalue weighted by molar-refractivity contribution is 7.92. The van der Waals surface area contributed by atoms with Crippen LogP contribution < -0.4 is 14.8 Å². The quantitative estimate of drug-likeness (QED) is 0.584. The van der Waals surface area contributed by atoms with Crippen LogP contribution in [-0.2, 0) is 14.8 Å². The largest absolute Gasteiger partial charge is 0.481 e. The Balaban J connectivity index is 1.63. The molecule has 7 heteroatoms. The predicted molar refractivity (Wildman–Crippen MR) is 118 cm³/mol. The molecule has 2 N–H and O–H groups in total. The molecule has 0 heterocycles. The van der Waals surface area contributed by atoms with Crippen LogP contribution in [0.5, 0.6) is 5.75 Å². The van der Waals surface area contributed by atoms with E-state index in [1.165, 1.54) is 12.1 Å². The van der Waals surface area contributed by atoms with Gasteiger partial charge in [0.1, 0.15) is 5.75 Å². The average Bonchev–Trinajstić information content (AvgIpc) is 2.70. The number of carbonyl (C=O) groups excluding carboxylic acids is 1. The standard InChI is InChI=1S/C23H24N2O4S/c1-16-7-9-20(10-8-16)25-30(27,28)22-13-11-19(12-14-22)24-23(26)18(3)29-21-6-4-5-17(2)15-21/h4-15,18,25H,1-3H3,(H,24,26). The summed E-state index contributed by atoms with van der Waals surface area (Å²) in [6.45, 7) is 5.53. The summed E-state index contributed by atoms with van der Waals surface area (Å²) in [5, 5.41) is 2.73. The maximum Gasteiger partial charge on any atom is 0.265 e. The molecule has 0 aromatic heterocycles. The van der Waals surface area contributed by atoms with Crippen molar-refractivity contribution in [1.82, 2.24) is 0 Å². The topological polar surface area (TPSA) is 84.5 Å². The van der Waals surface area contributed by atoms with Crippen molar-refractivity contribution in [3.8, 4) is 5.75 Å². The summed E-state index contributed by atoms with van der Waals surface area (Å²) in [6, 6.07) is 20.5. The molecular formula is C23H24N2O4S. The number of rotatable bonds is 7. The molecule has 1 unspecified atom stereocenters. The summed E-state index contributed by atoms with van der Waals surface area (Å²) in [4.78, 5) is 12.5. The SMILES string of the molecule is Cc1ccc(NS(=O)(=O)c2ccc(NC(=O)C(C)Oc3cccc(C)c3)cc2)cc1. The number of hydrogen-bond donors (Lipinski definition) is 2. The van der Waals surface area contributed by atoms with Gasteiger partial charge >= 0.3 is 0 Å². The Morgan fingerprint density at radius 2 is 1.50 bits per heavy atom. The van der Waals surface area contributed by atoms with Gasteiger partial charge in [-0.25, -0.2) is 8.42 Å². The normalized spacial score (nSPS) is 12.1. The summed E-state index contributed by atoms with van der Waals surface area (Å²) < 4.78 is 33.3. The fourth-order valence-corrected chi connectivity index (χ4v) is 3.80. The van der Waals surface area contributed by atoms with E-state index < -0.39 is 16.1 Å². The maximum absolute atomic E-state index is 12.5. The van der Waals surface area contributed by atoms with E-state index in [1.807, 2.05) is 44.2 Å². The van der Waals surface area contributed by atoms with E-state index >= 15 is 0 Å². The molecule has 0 saturated heterocycles. The van der Waals surface area contributed by atoms with Gasteiger partial charge in [-0.3, -0.25) is 9.52 Å². The van der Waals surface area contributed by atoms with Crippen LogP contribution in [0.3, 0.4) is 0 Å². The van der Waals surface area contributed by atoms with Crippen molar-refractivity contribution in [3.63, 3.8) is 0 Å². The molecule has 0 saturated carbocycles. The highest BCUT2D eigenvalue weighted by Gasteiger charge is 2.17. The van der Waals surface area contributed by atoms with Gasteiger partial charge in [0.2, 0.25) is 0 Å². The number of benzene rings is 3. The van der Waals surface area contributed by atoms with Crippen LogP contribution in [0, 0.1) is 13.8 Å². The van der Waals surface area contributed by atoms with Gasteiger partial charge < -0.3 is 10.1 Å². The molecule has 3 rings (SSSR count). The lowest BCUT2D eigenvalue weighted by Gasteiger charge is -2.15. The molecule has 3 aromatic rings. The Labute approximate surface area is 177 Å². The van der Waals surface area contributed by atoms with Gasteiger partial charge in [0.05, 0.1) is 4.90 Å². The van der Waals surface area contributed by atoms with E-state index in [-0.39, 0.29) is 10.8 Å². The smallest absolute Gasteiger partial charge is 0.265 e. The second kappa shape index (κ2) is 9.00. The van der Waals surface area contributed by atoms with Crippen LogP contribution in [0.4, 0.5) is 11.4 Å². The van der Waals surface area contributed by atoms with Crippen LogP contribution >= 0.6 is 0 Å². The number of amides is 1. The molecule has 1 atom stereocenters. The maximum atomic E-state index is 12.5. The minimum atomic E-state index is -3.72. The molecule has 156 valence electrons. The van der Waals surface area contributed by atoms with E-state index in [9.17, 15) is 13.2 Å². The highest BCUT2D eigenvalue weighted by Crippen LogP contribution is 2.19. The molecule has 0 spiro atoms. The zero-order valence-electron chi connectivity index (χ0n) is 17.0. The van der Waals surface area contributed by atoms with Crippen molar-refractivity contribution in [1.29, 1.82) is 0 Å². The summed E-state index contributed by atoms with van der Waals surface area (Å²) in [6.07, 6.45) is -0.710. The van der Waals surface area contributed by atoms with Crippen molar-refractivity contribution >= 4 is 27.3 Å². The first kappa shape index (κ1) is 21.4. The lowest BCUT2D eigenvalue weighted by molar-refractivity contribution is -0.122. The molecule has 0 radical (unpaired) electrons. The van der Waals surface area contributed by atoms with Crippen LogP contribution in [0.2, 0.25) is 0 Å². The second-order valence-electron chi connectivity index (χ2n) is 7.06. The van der Waals surface area contributed by atoms with Crippen molar-refractivity contribution < 1.29 is 17.9 Å². The summed E-state index contributed by atoms with van der Waals surface area (Å²) in [5.74, 6) is 0.283. The van der Waals surface area contributed by atoms with E-state index in [0.29, 0.717) is 17.1 Å². The molecule has 6 nitrogen and oxygen atoms in total. The van der Waals surface area contributed by atoms with Crippen LogP contribution in [0.1, 0.15) is 18.1 Å². The Hall–Kier alpha value is -3.32. The number of hydrogen-bond acceptors (Lipinski definition) is 4. The summed E-state index contributed by atoms with van der Waals surface area (Å²) in [7, 11) is -3.72. The molecule has 3 aromatic carbocycles. The van der Waals surface area contributed by atoms with Gasteiger partial charge in [-0.15, -0.1) is 0 Å². The van der Waals surface area contributed by atoms with Crippen molar-refractivity contribution in [2.75, 3.05) is 10.0 Å². The molecule has 0 aliphatic heterocycles. The van der Waals surface area contributed by atoms with Gasteiger partial charge in [0, 0.05) is 11.4 Å². The van der Waals surface area contributed by atoms with Crippen molar-refractivity contribution in [2.45, 2.75) is 31.8 Å². The second-order valence-corrected chi connectivity index (χ2v) is 8.74. The van der Waals surface area contributed by atoms with Gasteiger partial charge in [-0.1, -0.05) is 29.8 Å². The fourth-order valence-electron chi connectivity index (χ4n) is 2.74. The van der Waals surface area contributed by atoms with Gasteiger partial charge in [-0.2, -0.15) is 0 Å². The highest BCUT2D eigenvalue weighted by atomic mass is 32.2. The lowest BCUT2D eigenvalue weighted by atomic mass is 10.2. The number of anilines is 2. The molecule has 0 aliphatic carbocycles. The Kier molecular flexibility index (Phi) is 6.42. The Morgan fingerprint density at radius 3 is 2.13 bits per heavy atom. The van der Waals surface area contributed by atoms with Crippen molar-refractivity contribution in [2.24, 2.45) is 0 Å². The monoisotopic (exact) mass is 424 g/mol. The average molecular weight is 425 g/mol. The molecule has 0 bridgehead atoms. The number of aryl methyl sites for hydroxylation is 2. The fraction of sp³-hybridized carbons (Fsp3) is 0.174. The van der Waals surface area contributed by atoms with E-state index in [4.69, 9.17) is 4.74 Å². The van der Waals surface area contributed by atoms with Crippen LogP contribution in [-0.4, -0.2) is 20.4 Å². The summed E-state index contributed by atoms with van der Waals surface area (Å²) >= 11 is 0. The number of carbonyl (C=O) groups is 1. The number of nitrogens with one attached hydrogen (secondary N) is 2. The number of sulfonamides is 1. The minimum absolute atomic E-state index is 0.102. The zero-order chi connectivity index (χ0) is 21.7. The lowest BCUT2D eigenvalue weighted by Crippen LogP contribution is -2.30. The molecule has 0 fully saturated rings. The molecule has 0 aliphatic rings. The third-order valence-electron chi connectivity index (χ3n) is 4.41. The van der Waals surface area contributed by atoms with Gasteiger partial charge in [0.25, 0.3) is 15.9 Å². The summed E-state index contributed by atoms with van der Waals surface area (Å²) in [5.41, 5.74) is 3.05. The van der Waals surface area contributed by atoms with Crippen LogP contribution in [0.25, 0.3) is 0 Å². The molecule has 1 amide bonds. The van der Waals surface area contributed by atoms with Gasteiger partial charge in [0.15, 0.2) is 6.10 Å². The first-order valence-corrected chi connectivity index (χ1v) is 10.9.